The molecule has 0 spiro atoms. The Morgan fingerprint density at radius 1 is 1.26 bits per heavy atom. The van der Waals surface area contributed by atoms with E-state index in [2.05, 4.69) is 15.2 Å². The van der Waals surface area contributed by atoms with Gasteiger partial charge < -0.3 is 10.1 Å². The normalized spacial score (nSPS) is 21.0. The van der Waals surface area contributed by atoms with Crippen molar-refractivity contribution < 1.29 is 22.7 Å². The van der Waals surface area contributed by atoms with Crippen molar-refractivity contribution in [2.75, 3.05) is 32.8 Å². The molecule has 1 saturated heterocycles. The molecule has 1 saturated carbocycles. The van der Waals surface area contributed by atoms with Crippen molar-refractivity contribution in [1.29, 1.82) is 0 Å². The molecule has 1 aliphatic carbocycles. The molecule has 2 aliphatic rings. The number of hydrogen-bond donors (Lipinski definition) is 1. The Kier molecular flexibility index (Phi) is 6.65. The minimum atomic E-state index is -4.48. The van der Waals surface area contributed by atoms with Gasteiger partial charge in [-0.05, 0) is 25.0 Å². The quantitative estimate of drug-likeness (QED) is 0.763. The molecule has 0 unspecified atom stereocenters. The van der Waals surface area contributed by atoms with Gasteiger partial charge in [-0.2, -0.15) is 13.2 Å². The van der Waals surface area contributed by atoms with Crippen molar-refractivity contribution in [1.82, 2.24) is 15.2 Å². The molecule has 3 rings (SSSR count). The summed E-state index contributed by atoms with van der Waals surface area (Å²) in [6.45, 7) is 3.40. The lowest BCUT2D eigenvalue weighted by molar-refractivity contribution is -0.0361. The average molecular weight is 403 g/mol. The number of thioether (sulfide) groups is 1. The van der Waals surface area contributed by atoms with Gasteiger partial charge in [0.2, 0.25) is 0 Å². The van der Waals surface area contributed by atoms with E-state index in [-0.39, 0.29) is 27.9 Å². The van der Waals surface area contributed by atoms with E-state index >= 15 is 0 Å². The molecule has 0 aromatic carbocycles. The number of hydrogen-bond acceptors (Lipinski definition) is 5. The third-order valence-electron chi connectivity index (χ3n) is 5.27. The molecule has 0 radical (unpaired) electrons. The predicted molar refractivity (Wildman–Crippen MR) is 96.7 cm³/mol. The van der Waals surface area contributed by atoms with Crippen molar-refractivity contribution >= 4 is 17.7 Å². The van der Waals surface area contributed by atoms with Crippen molar-refractivity contribution in [3.63, 3.8) is 0 Å². The lowest BCUT2D eigenvalue weighted by Gasteiger charge is -2.48. The molecule has 9 heteroatoms. The fraction of sp³-hybridized carbons (Fsp3) is 0.667. The summed E-state index contributed by atoms with van der Waals surface area (Å²) < 4.78 is 43.7. The highest BCUT2D eigenvalue weighted by Gasteiger charge is 2.39. The summed E-state index contributed by atoms with van der Waals surface area (Å²) in [6, 6.07) is 2.87. The van der Waals surface area contributed by atoms with Gasteiger partial charge in [-0.15, -0.1) is 0 Å². The van der Waals surface area contributed by atoms with Crippen molar-refractivity contribution in [3.05, 3.63) is 23.9 Å². The highest BCUT2D eigenvalue weighted by atomic mass is 32.2. The van der Waals surface area contributed by atoms with Gasteiger partial charge in [-0.25, -0.2) is 4.98 Å². The lowest BCUT2D eigenvalue weighted by Crippen LogP contribution is -2.59. The Labute approximate surface area is 161 Å². The summed E-state index contributed by atoms with van der Waals surface area (Å²) in [7, 11) is 0. The van der Waals surface area contributed by atoms with Crippen LogP contribution in [0.25, 0.3) is 0 Å². The molecule has 2 fully saturated rings. The van der Waals surface area contributed by atoms with Crippen LogP contribution in [0.2, 0.25) is 0 Å². The highest BCUT2D eigenvalue weighted by Crippen LogP contribution is 2.37. The number of carbonyl (C=O) groups is 1. The molecular formula is C18H24F3N3O2S. The second-order valence-electron chi connectivity index (χ2n) is 6.97. The molecule has 1 aromatic rings. The second kappa shape index (κ2) is 8.79. The number of morpholine rings is 1. The van der Waals surface area contributed by atoms with Crippen molar-refractivity contribution in [2.24, 2.45) is 0 Å². The van der Waals surface area contributed by atoms with Gasteiger partial charge in [0.25, 0.3) is 5.91 Å². The molecular weight excluding hydrogens is 379 g/mol. The summed E-state index contributed by atoms with van der Waals surface area (Å²) in [5.41, 5.74) is -4.66. The fourth-order valence-electron chi connectivity index (χ4n) is 3.95. The summed E-state index contributed by atoms with van der Waals surface area (Å²) in [5, 5.41) is 2.58. The minimum Gasteiger partial charge on any atom is -0.379 e. The van der Waals surface area contributed by atoms with Gasteiger partial charge in [-0.1, -0.05) is 19.3 Å². The van der Waals surface area contributed by atoms with E-state index in [4.69, 9.17) is 4.74 Å². The number of ether oxygens (including phenoxy) is 1. The minimum absolute atomic E-state index is 0.0345. The smallest absolute Gasteiger partial charge is 0.379 e. The van der Waals surface area contributed by atoms with Crippen LogP contribution in [0.5, 0.6) is 0 Å². The van der Waals surface area contributed by atoms with E-state index in [1.54, 1.807) is 0 Å². The van der Waals surface area contributed by atoms with Gasteiger partial charge in [0.15, 0.2) is 0 Å². The van der Waals surface area contributed by atoms with E-state index in [1.165, 1.54) is 24.8 Å². The number of nitrogens with one attached hydrogen (secondary N) is 1. The Morgan fingerprint density at radius 2 is 1.96 bits per heavy atom. The molecule has 0 atom stereocenters. The third kappa shape index (κ3) is 5.36. The molecule has 1 aliphatic heterocycles. The van der Waals surface area contributed by atoms with Crippen LogP contribution in [-0.2, 0) is 4.74 Å². The van der Waals surface area contributed by atoms with E-state index in [0.29, 0.717) is 19.8 Å². The first-order valence-electron chi connectivity index (χ1n) is 9.21. The Balaban J connectivity index is 1.71. The van der Waals surface area contributed by atoms with Crippen LogP contribution in [0.15, 0.2) is 23.4 Å². The molecule has 1 aromatic heterocycles. The fourth-order valence-corrected chi connectivity index (χ4v) is 4.55. The maximum atomic E-state index is 12.7. The topological polar surface area (TPSA) is 54.5 Å². The Morgan fingerprint density at radius 3 is 2.63 bits per heavy atom. The number of carbonyl (C=O) groups excluding carboxylic acids is 1. The van der Waals surface area contributed by atoms with Crippen LogP contribution in [0, 0.1) is 0 Å². The number of nitrogens with zero attached hydrogens (tertiary/aromatic N) is 2. The molecule has 1 N–H and O–H groups in total. The first kappa shape index (κ1) is 20.4. The van der Waals surface area contributed by atoms with Gasteiger partial charge >= 0.3 is 5.51 Å². The van der Waals surface area contributed by atoms with Crippen LogP contribution in [0.1, 0.15) is 42.5 Å². The summed E-state index contributed by atoms with van der Waals surface area (Å²) >= 11 is -0.355. The SMILES string of the molecule is O=C(NCC1(N2CCOCC2)CCCCC1)c1cccnc1SC(F)(F)F. The van der Waals surface area contributed by atoms with Crippen molar-refractivity contribution in [2.45, 2.75) is 48.2 Å². The number of alkyl halides is 3. The molecule has 0 bridgehead atoms. The van der Waals surface area contributed by atoms with E-state index < -0.39 is 11.4 Å². The summed E-state index contributed by atoms with van der Waals surface area (Å²) in [6.07, 6.45) is 6.58. The predicted octanol–water partition coefficient (Wildman–Crippen LogP) is 3.46. The van der Waals surface area contributed by atoms with Crippen LogP contribution in [0.4, 0.5) is 13.2 Å². The maximum absolute atomic E-state index is 12.7. The third-order valence-corrected chi connectivity index (χ3v) is 6.02. The maximum Gasteiger partial charge on any atom is 0.447 e. The van der Waals surface area contributed by atoms with E-state index in [1.807, 2.05) is 0 Å². The van der Waals surface area contributed by atoms with E-state index in [0.717, 1.165) is 38.8 Å². The number of rotatable bonds is 5. The number of halogens is 3. The monoisotopic (exact) mass is 403 g/mol. The van der Waals surface area contributed by atoms with Crippen LogP contribution < -0.4 is 5.32 Å². The Hall–Kier alpha value is -1.32. The Bertz CT molecular complexity index is 645. The molecule has 150 valence electrons. The zero-order valence-electron chi connectivity index (χ0n) is 15.1. The summed E-state index contributed by atoms with van der Waals surface area (Å²) in [4.78, 5) is 18.8. The van der Waals surface area contributed by atoms with Crippen molar-refractivity contribution in [3.8, 4) is 0 Å². The van der Waals surface area contributed by atoms with Gasteiger partial charge in [0, 0.05) is 43.1 Å². The largest absolute Gasteiger partial charge is 0.447 e. The molecule has 5 nitrogen and oxygen atoms in total. The van der Waals surface area contributed by atoms with Gasteiger partial charge in [-0.3, -0.25) is 9.69 Å². The first-order chi connectivity index (χ1) is 12.9. The number of amides is 1. The molecule has 1 amide bonds. The zero-order chi connectivity index (χ0) is 19.3. The highest BCUT2D eigenvalue weighted by molar-refractivity contribution is 8.00. The first-order valence-corrected chi connectivity index (χ1v) is 10.0. The van der Waals surface area contributed by atoms with Gasteiger partial charge in [0.05, 0.1) is 18.8 Å². The molecule has 2 heterocycles. The van der Waals surface area contributed by atoms with E-state index in [9.17, 15) is 18.0 Å². The number of aromatic nitrogens is 1. The summed E-state index contributed by atoms with van der Waals surface area (Å²) in [5.74, 6) is -0.506. The second-order valence-corrected chi connectivity index (χ2v) is 8.02. The lowest BCUT2D eigenvalue weighted by atomic mass is 9.79. The molecule has 27 heavy (non-hydrogen) atoms. The van der Waals surface area contributed by atoms with Crippen LogP contribution >= 0.6 is 11.8 Å². The standard InChI is InChI=1S/C18H24F3N3O2S/c19-18(20,21)27-16-14(5-4-8-22-16)15(25)23-13-17(6-2-1-3-7-17)24-9-11-26-12-10-24/h4-5,8H,1-3,6-7,9-13H2,(H,23,25). The number of pyridine rings is 1. The van der Waals surface area contributed by atoms with Gasteiger partial charge in [0.1, 0.15) is 5.03 Å². The van der Waals surface area contributed by atoms with Crippen LogP contribution in [-0.4, -0.2) is 59.7 Å². The van der Waals surface area contributed by atoms with Crippen LogP contribution in [0.3, 0.4) is 0 Å². The average Bonchev–Trinajstić information content (AvgIpc) is 2.67. The zero-order valence-corrected chi connectivity index (χ0v) is 15.9.